The quantitative estimate of drug-likeness (QED) is 0.156. The van der Waals surface area contributed by atoms with Gasteiger partial charge in [-0.15, -0.1) is 0 Å². The summed E-state index contributed by atoms with van der Waals surface area (Å²) in [6.45, 7) is 0. The van der Waals surface area contributed by atoms with Crippen LogP contribution in [0, 0.1) is 0 Å². The molecule has 4 aromatic rings. The van der Waals surface area contributed by atoms with Crippen LogP contribution in [-0.4, -0.2) is 45.9 Å². The molecule has 9 rings (SSSR count). The van der Waals surface area contributed by atoms with Gasteiger partial charge in [0.05, 0.1) is 19.6 Å². The van der Waals surface area contributed by atoms with Crippen molar-refractivity contribution in [3.8, 4) is 22.3 Å². The van der Waals surface area contributed by atoms with Crippen LogP contribution in [-0.2, 0) is 46.7 Å². The molecule has 2 aliphatic carbocycles. The van der Waals surface area contributed by atoms with Crippen molar-refractivity contribution in [3.05, 3.63) is 97.1 Å². The van der Waals surface area contributed by atoms with Gasteiger partial charge in [0.1, 0.15) is 12.2 Å². The first-order valence-electron chi connectivity index (χ1n) is 14.7. The van der Waals surface area contributed by atoms with Crippen molar-refractivity contribution in [1.29, 1.82) is 0 Å². The van der Waals surface area contributed by atoms with Crippen molar-refractivity contribution >= 4 is 59.7 Å². The van der Waals surface area contributed by atoms with E-state index in [-0.39, 0.29) is 19.6 Å². The van der Waals surface area contributed by atoms with Gasteiger partial charge < -0.3 is 0 Å². The van der Waals surface area contributed by atoms with Gasteiger partial charge in [0.25, 0.3) is 38.3 Å². The lowest BCUT2D eigenvalue weighted by Gasteiger charge is -2.34. The smallest absolute Gasteiger partial charge is 0.260 e. The van der Waals surface area contributed by atoms with Gasteiger partial charge in [-0.05, 0) is 83.6 Å². The second-order valence-electron chi connectivity index (χ2n) is 11.1. The summed E-state index contributed by atoms with van der Waals surface area (Å²) >= 11 is 0. The average Bonchev–Trinajstić information content (AvgIpc) is 3.01. The van der Waals surface area contributed by atoms with E-state index < -0.39 is 50.5 Å². The number of hydrogen-bond acceptors (Lipinski definition) is 10. The van der Waals surface area contributed by atoms with E-state index in [1.165, 1.54) is 74.2 Å². The van der Waals surface area contributed by atoms with E-state index in [9.17, 15) is 33.7 Å². The predicted molar refractivity (Wildman–Crippen MR) is 182 cm³/mol. The van der Waals surface area contributed by atoms with Gasteiger partial charge in [0.15, 0.2) is 0 Å². The summed E-state index contributed by atoms with van der Waals surface area (Å²) in [7, 11) is -4.99. The van der Waals surface area contributed by atoms with Crippen LogP contribution in [0.5, 0.6) is 0 Å². The molecule has 0 N–H and O–H groups in total. The number of rotatable bonds is 3. The largest absolute Gasteiger partial charge is 0.297 e. The molecule has 3 aliphatic heterocycles. The van der Waals surface area contributed by atoms with Gasteiger partial charge in [-0.1, -0.05) is 74.2 Å². The zero-order valence-electron chi connectivity index (χ0n) is 25.1. The molecule has 0 saturated heterocycles. The summed E-state index contributed by atoms with van der Waals surface area (Å²) in [4.78, 5) is 0.0765. The van der Waals surface area contributed by atoms with Gasteiger partial charge in [-0.25, -0.2) is 16.8 Å². The van der Waals surface area contributed by atoms with E-state index in [4.69, 9.17) is 29.7 Å². The van der Waals surface area contributed by atoms with Crippen LogP contribution in [0.15, 0.2) is 117 Å². The molecule has 48 heavy (non-hydrogen) atoms. The van der Waals surface area contributed by atoms with Crippen molar-refractivity contribution < 1.29 is 42.0 Å². The highest BCUT2D eigenvalue weighted by atomic mass is 35.7. The molecular weight excluding hydrogens is 744 g/mol. The Morgan fingerprint density at radius 2 is 0.708 bits per heavy atom. The highest BCUT2D eigenvalue weighted by molar-refractivity contribution is 8.14. The Morgan fingerprint density at radius 3 is 0.917 bits per heavy atom. The SMILES string of the molecule is C1CCC1.O=S(=O)(Cl)c1ccc(-c2ccc(S(=O)(=O)Cl)cc2)cc1.O=S1(=O)OC2CCC2OS(=O)(=O)c2ccc(cc2)-c2ccc1cc2. The minimum atomic E-state index is -3.96. The molecule has 4 aromatic carbocycles. The number of benzene rings is 4. The Morgan fingerprint density at radius 1 is 0.458 bits per heavy atom. The van der Waals surface area contributed by atoms with E-state index in [0.29, 0.717) is 12.8 Å². The molecule has 0 aromatic heterocycles. The van der Waals surface area contributed by atoms with Crippen LogP contribution < -0.4 is 0 Å². The zero-order chi connectivity index (χ0) is 34.7. The predicted octanol–water partition coefficient (Wildman–Crippen LogP) is 7.08. The Hall–Kier alpha value is -2.82. The number of halogens is 2. The average molecular weight is 774 g/mol. The summed E-state index contributed by atoms with van der Waals surface area (Å²) in [6.07, 6.45) is 5.26. The first-order chi connectivity index (χ1) is 22.5. The molecule has 0 spiro atoms. The van der Waals surface area contributed by atoms with Gasteiger partial charge >= 0.3 is 0 Å². The topological polar surface area (TPSA) is 155 Å². The van der Waals surface area contributed by atoms with E-state index in [2.05, 4.69) is 0 Å². The normalized spacial score (nSPS) is 20.6. The molecule has 0 amide bonds. The van der Waals surface area contributed by atoms with Crippen LogP contribution in [0.3, 0.4) is 0 Å². The van der Waals surface area contributed by atoms with Crippen molar-refractivity contribution in [1.82, 2.24) is 0 Å². The number of fused-ring (bicyclic) bond motifs is 2. The lowest BCUT2D eigenvalue weighted by Crippen LogP contribution is -2.43. The molecule has 2 saturated carbocycles. The molecule has 3 heterocycles. The van der Waals surface area contributed by atoms with Crippen LogP contribution in [0.4, 0.5) is 0 Å². The van der Waals surface area contributed by atoms with Gasteiger partial charge in [-0.2, -0.15) is 16.8 Å². The third-order valence-corrected chi connectivity index (χ3v) is 13.3. The maximum Gasteiger partial charge on any atom is 0.297 e. The van der Waals surface area contributed by atoms with Crippen LogP contribution >= 0.6 is 21.4 Å². The first-order valence-corrected chi connectivity index (χ1v) is 22.1. The fraction of sp³-hybridized carbons (Fsp3) is 0.250. The number of hydrogen-bond donors (Lipinski definition) is 0. The first kappa shape index (κ1) is 36.5. The molecule has 2 fully saturated rings. The molecular formula is C32H30Cl2O10S4. The van der Waals surface area contributed by atoms with Crippen LogP contribution in [0.25, 0.3) is 22.3 Å². The second kappa shape index (κ2) is 14.6. The highest BCUT2D eigenvalue weighted by Gasteiger charge is 2.40. The van der Waals surface area contributed by atoms with Gasteiger partial charge in [0.2, 0.25) is 0 Å². The minimum absolute atomic E-state index is 0.00266. The molecule has 5 aliphatic rings. The summed E-state index contributed by atoms with van der Waals surface area (Å²) in [5, 5.41) is 0. The molecule has 10 nitrogen and oxygen atoms in total. The van der Waals surface area contributed by atoms with Crippen molar-refractivity contribution in [2.45, 2.75) is 70.3 Å². The second-order valence-corrected chi connectivity index (χ2v) is 19.4. The summed E-state index contributed by atoms with van der Waals surface area (Å²) in [5.74, 6) is 0. The molecule has 2 unspecified atom stereocenters. The molecule has 0 radical (unpaired) electrons. The Labute approximate surface area is 289 Å². The third-order valence-electron chi connectivity index (χ3n) is 7.88. The fourth-order valence-corrected chi connectivity index (χ4v) is 8.39. The molecule has 2 atom stereocenters. The maximum atomic E-state index is 12.3. The summed E-state index contributed by atoms with van der Waals surface area (Å²) < 4.78 is 104. The Kier molecular flexibility index (Phi) is 11.1. The maximum absolute atomic E-state index is 12.3. The molecule has 256 valence electrons. The van der Waals surface area contributed by atoms with Crippen LogP contribution in [0.1, 0.15) is 38.5 Å². The fourth-order valence-electron chi connectivity index (χ4n) is 4.59. The van der Waals surface area contributed by atoms with Gasteiger partial charge in [0, 0.05) is 21.4 Å². The molecule has 16 heteroatoms. The van der Waals surface area contributed by atoms with Crippen molar-refractivity contribution in [3.63, 3.8) is 0 Å². The van der Waals surface area contributed by atoms with Crippen molar-refractivity contribution in [2.75, 3.05) is 0 Å². The van der Waals surface area contributed by atoms with Crippen LogP contribution in [0.2, 0.25) is 0 Å². The lowest BCUT2D eigenvalue weighted by atomic mass is 9.93. The zero-order valence-corrected chi connectivity index (χ0v) is 29.9. The third kappa shape index (κ3) is 9.04. The molecule has 4 bridgehead atoms. The minimum Gasteiger partial charge on any atom is -0.260 e. The monoisotopic (exact) mass is 772 g/mol. The van der Waals surface area contributed by atoms with E-state index in [1.807, 2.05) is 0 Å². The van der Waals surface area contributed by atoms with E-state index in [1.54, 1.807) is 48.5 Å². The van der Waals surface area contributed by atoms with E-state index in [0.717, 1.165) is 22.3 Å². The van der Waals surface area contributed by atoms with Crippen molar-refractivity contribution in [2.24, 2.45) is 0 Å². The van der Waals surface area contributed by atoms with E-state index >= 15 is 0 Å². The summed E-state index contributed by atoms with van der Waals surface area (Å²) in [6, 6.07) is 24.4. The Bertz CT molecular complexity index is 2020. The standard InChI is InChI=1S/C16H14O6S2.C12H8Cl2O4S2.C4H8/c17-23(18)13-5-1-11(2-6-13)12-3-7-14(8-4-12)24(19,20)22-16-10-9-15(16)21-23;13-19(15,16)11-5-1-9(2-6-11)10-3-7-12(8-4-10)20(14,17)18;1-2-4-3-1/h1-8,15-16H,9-10H2;1-8H;1-4H2. The van der Waals surface area contributed by atoms with Gasteiger partial charge in [-0.3, -0.25) is 8.37 Å². The summed E-state index contributed by atoms with van der Waals surface area (Å²) in [5.41, 5.74) is 3.01. The Balaban J connectivity index is 0.000000170. The highest BCUT2D eigenvalue weighted by Crippen LogP contribution is 2.34. The lowest BCUT2D eigenvalue weighted by molar-refractivity contribution is -0.0122.